The molecule has 5 nitrogen and oxygen atoms in total. The summed E-state index contributed by atoms with van der Waals surface area (Å²) in [5, 5.41) is 9.39. The van der Waals surface area contributed by atoms with Crippen LogP contribution in [0.3, 0.4) is 0 Å². The highest BCUT2D eigenvalue weighted by Crippen LogP contribution is 2.23. The topological polar surface area (TPSA) is 83.5 Å². The monoisotopic (exact) mass is 337 g/mol. The minimum absolute atomic E-state index is 0.000372. The molecule has 1 aromatic rings. The van der Waals surface area contributed by atoms with E-state index in [9.17, 15) is 13.2 Å². The van der Waals surface area contributed by atoms with E-state index in [1.165, 1.54) is 23.9 Å². The lowest BCUT2D eigenvalue weighted by Gasteiger charge is -2.15. The molecule has 0 spiro atoms. The van der Waals surface area contributed by atoms with Crippen LogP contribution in [-0.4, -0.2) is 37.5 Å². The van der Waals surface area contributed by atoms with Crippen LogP contribution in [0.25, 0.3) is 0 Å². The summed E-state index contributed by atoms with van der Waals surface area (Å²) in [7, 11) is -3.91. The maximum Gasteiger partial charge on any atom is 0.321 e. The quantitative estimate of drug-likeness (QED) is 0.796. The highest BCUT2D eigenvalue weighted by atomic mass is 35.5. The number of carboxylic acid groups (broad SMARTS) is 1. The minimum Gasteiger partial charge on any atom is -0.480 e. The molecule has 0 saturated carbocycles. The fraction of sp³-hybridized carbons (Fsp3) is 0.417. The van der Waals surface area contributed by atoms with E-state index in [4.69, 9.17) is 16.7 Å². The van der Waals surface area contributed by atoms with Crippen LogP contribution in [0.2, 0.25) is 5.02 Å². The largest absolute Gasteiger partial charge is 0.480 e. The van der Waals surface area contributed by atoms with Crippen molar-refractivity contribution in [3.05, 3.63) is 28.8 Å². The molecule has 1 unspecified atom stereocenters. The highest BCUT2D eigenvalue weighted by Gasteiger charge is 2.26. The van der Waals surface area contributed by atoms with Crippen LogP contribution < -0.4 is 4.72 Å². The molecule has 20 heavy (non-hydrogen) atoms. The van der Waals surface area contributed by atoms with Gasteiger partial charge in [-0.3, -0.25) is 4.79 Å². The molecule has 112 valence electrons. The van der Waals surface area contributed by atoms with Crippen molar-refractivity contribution in [2.24, 2.45) is 0 Å². The summed E-state index contributed by atoms with van der Waals surface area (Å²) in [5.41, 5.74) is 0.399. The molecule has 2 N–H and O–H groups in total. The summed E-state index contributed by atoms with van der Waals surface area (Å²) in [5.74, 6) is -0.643. The van der Waals surface area contributed by atoms with Crippen LogP contribution in [0.4, 0.5) is 0 Å². The summed E-state index contributed by atoms with van der Waals surface area (Å²) >= 11 is 7.35. The Morgan fingerprint density at radius 3 is 2.70 bits per heavy atom. The van der Waals surface area contributed by atoms with Crippen LogP contribution in [0.15, 0.2) is 23.1 Å². The maximum absolute atomic E-state index is 12.2. The molecule has 0 aliphatic heterocycles. The SMILES string of the molecule is CSCCC(NS(=O)(=O)c1cccc(Cl)c1C)C(=O)O. The Balaban J connectivity index is 3.04. The Bertz CT molecular complexity index is 589. The second-order valence-corrected chi connectivity index (χ2v) is 7.23. The van der Waals surface area contributed by atoms with Gasteiger partial charge < -0.3 is 5.11 Å². The van der Waals surface area contributed by atoms with Gasteiger partial charge in [0.05, 0.1) is 4.90 Å². The fourth-order valence-electron chi connectivity index (χ4n) is 1.60. The van der Waals surface area contributed by atoms with Gasteiger partial charge in [0, 0.05) is 5.02 Å². The van der Waals surface area contributed by atoms with Crippen LogP contribution >= 0.6 is 23.4 Å². The van der Waals surface area contributed by atoms with Crippen LogP contribution in [0.5, 0.6) is 0 Å². The first-order valence-electron chi connectivity index (χ1n) is 5.78. The Morgan fingerprint density at radius 2 is 2.15 bits per heavy atom. The van der Waals surface area contributed by atoms with Crippen molar-refractivity contribution in [2.75, 3.05) is 12.0 Å². The Labute approximate surface area is 127 Å². The van der Waals surface area contributed by atoms with Gasteiger partial charge in [-0.2, -0.15) is 16.5 Å². The van der Waals surface area contributed by atoms with Crippen LogP contribution in [0, 0.1) is 6.92 Å². The number of halogens is 1. The molecule has 1 rings (SSSR count). The number of aliphatic carboxylic acids is 1. The smallest absolute Gasteiger partial charge is 0.321 e. The van der Waals surface area contributed by atoms with E-state index in [0.29, 0.717) is 16.3 Å². The van der Waals surface area contributed by atoms with E-state index in [0.717, 1.165) is 0 Å². The number of nitrogens with one attached hydrogen (secondary N) is 1. The van der Waals surface area contributed by atoms with E-state index in [1.807, 2.05) is 6.26 Å². The molecule has 0 radical (unpaired) electrons. The second-order valence-electron chi connectivity index (χ2n) is 4.16. The summed E-state index contributed by atoms with van der Waals surface area (Å²) in [6.07, 6.45) is 2.05. The molecule has 0 amide bonds. The van der Waals surface area contributed by atoms with Gasteiger partial charge in [0.2, 0.25) is 10.0 Å². The number of benzene rings is 1. The molecular formula is C12H16ClNO4S2. The van der Waals surface area contributed by atoms with Gasteiger partial charge >= 0.3 is 5.97 Å². The van der Waals surface area contributed by atoms with E-state index >= 15 is 0 Å². The number of hydrogen-bond donors (Lipinski definition) is 2. The summed E-state index contributed by atoms with van der Waals surface area (Å²) in [4.78, 5) is 11.1. The van der Waals surface area contributed by atoms with Crippen LogP contribution in [0.1, 0.15) is 12.0 Å². The first-order valence-corrected chi connectivity index (χ1v) is 9.04. The Kier molecular flexibility index (Phi) is 6.32. The van der Waals surface area contributed by atoms with Gasteiger partial charge in [-0.25, -0.2) is 8.42 Å². The molecule has 0 aliphatic rings. The molecule has 0 heterocycles. The Morgan fingerprint density at radius 1 is 1.50 bits per heavy atom. The summed E-state index contributed by atoms with van der Waals surface area (Å²) < 4.78 is 26.7. The van der Waals surface area contributed by atoms with Gasteiger partial charge in [0.15, 0.2) is 0 Å². The minimum atomic E-state index is -3.91. The number of carbonyl (C=O) groups is 1. The Hall–Kier alpha value is -0.760. The molecular weight excluding hydrogens is 322 g/mol. The summed E-state index contributed by atoms with van der Waals surface area (Å²) in [6.45, 7) is 1.58. The fourth-order valence-corrected chi connectivity index (χ4v) is 3.79. The number of rotatable bonds is 7. The zero-order valence-corrected chi connectivity index (χ0v) is 13.5. The van der Waals surface area contributed by atoms with E-state index < -0.39 is 22.0 Å². The third-order valence-electron chi connectivity index (χ3n) is 2.71. The van der Waals surface area contributed by atoms with Crippen molar-refractivity contribution >= 4 is 39.4 Å². The number of carboxylic acids is 1. The van der Waals surface area contributed by atoms with E-state index in [2.05, 4.69) is 4.72 Å². The zero-order chi connectivity index (χ0) is 15.3. The summed E-state index contributed by atoms with van der Waals surface area (Å²) in [6, 6.07) is 3.35. The van der Waals surface area contributed by atoms with Crippen LogP contribution in [-0.2, 0) is 14.8 Å². The van der Waals surface area contributed by atoms with Crippen molar-refractivity contribution < 1.29 is 18.3 Å². The number of thioether (sulfide) groups is 1. The van der Waals surface area contributed by atoms with Gasteiger partial charge in [-0.15, -0.1) is 0 Å². The molecule has 0 aliphatic carbocycles. The lowest BCUT2D eigenvalue weighted by molar-refractivity contribution is -0.139. The normalized spacial score (nSPS) is 13.2. The zero-order valence-electron chi connectivity index (χ0n) is 11.1. The van der Waals surface area contributed by atoms with Gasteiger partial charge in [0.25, 0.3) is 0 Å². The lowest BCUT2D eigenvalue weighted by Crippen LogP contribution is -2.41. The molecule has 0 fully saturated rings. The molecule has 0 aromatic heterocycles. The first kappa shape index (κ1) is 17.3. The molecule has 8 heteroatoms. The predicted molar refractivity (Wildman–Crippen MR) is 80.9 cm³/mol. The standard InChI is InChI=1S/C12H16ClNO4S2/c1-8-9(13)4-3-5-11(8)20(17,18)14-10(12(15)16)6-7-19-2/h3-5,10,14H,6-7H2,1-2H3,(H,15,16). The lowest BCUT2D eigenvalue weighted by atomic mass is 10.2. The van der Waals surface area contributed by atoms with Gasteiger partial charge in [-0.1, -0.05) is 17.7 Å². The van der Waals surface area contributed by atoms with Crippen molar-refractivity contribution in [1.82, 2.24) is 4.72 Å². The number of hydrogen-bond acceptors (Lipinski definition) is 4. The average Bonchev–Trinajstić information content (AvgIpc) is 2.37. The van der Waals surface area contributed by atoms with Crippen molar-refractivity contribution in [1.29, 1.82) is 0 Å². The number of sulfonamides is 1. The third kappa shape index (κ3) is 4.37. The maximum atomic E-state index is 12.2. The van der Waals surface area contributed by atoms with Crippen molar-refractivity contribution in [3.8, 4) is 0 Å². The van der Waals surface area contributed by atoms with Gasteiger partial charge in [-0.05, 0) is 43.0 Å². The second kappa shape index (κ2) is 7.31. The highest BCUT2D eigenvalue weighted by molar-refractivity contribution is 7.98. The van der Waals surface area contributed by atoms with E-state index in [1.54, 1.807) is 13.0 Å². The van der Waals surface area contributed by atoms with E-state index in [-0.39, 0.29) is 11.3 Å². The van der Waals surface area contributed by atoms with Crippen molar-refractivity contribution in [3.63, 3.8) is 0 Å². The first-order chi connectivity index (χ1) is 9.29. The molecule has 0 bridgehead atoms. The molecule has 1 atom stereocenters. The predicted octanol–water partition coefficient (Wildman–Crippen LogP) is 2.13. The molecule has 1 aromatic carbocycles. The third-order valence-corrected chi connectivity index (χ3v) is 5.38. The van der Waals surface area contributed by atoms with Crippen molar-refractivity contribution in [2.45, 2.75) is 24.3 Å². The molecule has 0 saturated heterocycles. The average molecular weight is 338 g/mol. The van der Waals surface area contributed by atoms with Gasteiger partial charge in [0.1, 0.15) is 6.04 Å².